The first-order valence-electron chi connectivity index (χ1n) is 9.37. The molecule has 5 rings (SSSR count). The van der Waals surface area contributed by atoms with Crippen LogP contribution >= 0.6 is 11.8 Å². The van der Waals surface area contributed by atoms with E-state index in [2.05, 4.69) is 4.98 Å². The van der Waals surface area contributed by atoms with Crippen LogP contribution in [0.15, 0.2) is 88.5 Å². The molecule has 0 radical (unpaired) electrons. The van der Waals surface area contributed by atoms with Crippen molar-refractivity contribution in [1.29, 1.82) is 0 Å². The zero-order chi connectivity index (χ0) is 19.6. The third-order valence-electron chi connectivity index (χ3n) is 4.88. The van der Waals surface area contributed by atoms with Gasteiger partial charge in [0.15, 0.2) is 5.58 Å². The average molecular weight is 402 g/mol. The number of fused-ring (bicyclic) bond motifs is 2. The molecular weight excluding hydrogens is 384 g/mol. The summed E-state index contributed by atoms with van der Waals surface area (Å²) in [5, 5.41) is 0.498. The highest BCUT2D eigenvalue weighted by atomic mass is 32.2. The van der Waals surface area contributed by atoms with Gasteiger partial charge in [0, 0.05) is 0 Å². The van der Waals surface area contributed by atoms with Crippen LogP contribution in [0.4, 0.5) is 5.69 Å². The van der Waals surface area contributed by atoms with Crippen LogP contribution < -0.4 is 9.64 Å². The van der Waals surface area contributed by atoms with Crippen LogP contribution in [0.5, 0.6) is 5.75 Å². The summed E-state index contributed by atoms with van der Waals surface area (Å²) in [6.07, 6.45) is 0. The molecule has 144 valence electrons. The third-order valence-corrected chi connectivity index (χ3v) is 5.69. The van der Waals surface area contributed by atoms with Crippen LogP contribution in [0.3, 0.4) is 0 Å². The van der Waals surface area contributed by atoms with Crippen LogP contribution in [-0.4, -0.2) is 23.3 Å². The number of hydrogen-bond acceptors (Lipinski definition) is 5. The lowest BCUT2D eigenvalue weighted by Crippen LogP contribution is -2.42. The molecule has 4 aromatic rings. The number of thioether (sulfide) groups is 1. The summed E-state index contributed by atoms with van der Waals surface area (Å²) in [6.45, 7) is 0.417. The number of carbonyl (C=O) groups is 1. The van der Waals surface area contributed by atoms with Crippen molar-refractivity contribution in [2.75, 3.05) is 17.3 Å². The molecule has 5 nitrogen and oxygen atoms in total. The quantitative estimate of drug-likeness (QED) is 0.445. The molecule has 0 N–H and O–H groups in total. The number of oxazole rings is 1. The summed E-state index contributed by atoms with van der Waals surface area (Å²) in [4.78, 5) is 19.6. The topological polar surface area (TPSA) is 55.6 Å². The molecule has 0 saturated heterocycles. The van der Waals surface area contributed by atoms with Crippen LogP contribution in [0.25, 0.3) is 11.1 Å². The standard InChI is InChI=1S/C23H18N2O3S/c26-22(15-29-23-24-17-10-4-6-12-20(17)28-23)25-18-11-5-7-13-21(18)27-14-19(25)16-8-2-1-3-9-16/h1-13,19H,14-15H2/t19-/m0/s1. The van der Waals surface area contributed by atoms with E-state index in [0.717, 1.165) is 28.1 Å². The minimum Gasteiger partial charge on any atom is -0.489 e. The van der Waals surface area contributed by atoms with Crippen LogP contribution in [0, 0.1) is 0 Å². The van der Waals surface area contributed by atoms with Gasteiger partial charge in [-0.3, -0.25) is 9.69 Å². The number of carbonyl (C=O) groups excluding carboxylic acids is 1. The lowest BCUT2D eigenvalue weighted by molar-refractivity contribution is -0.117. The number of rotatable bonds is 4. The van der Waals surface area contributed by atoms with Gasteiger partial charge < -0.3 is 9.15 Å². The monoisotopic (exact) mass is 402 g/mol. The maximum absolute atomic E-state index is 13.3. The van der Waals surface area contributed by atoms with Gasteiger partial charge in [-0.2, -0.15) is 0 Å². The molecule has 1 amide bonds. The Morgan fingerprint density at radius 2 is 1.76 bits per heavy atom. The molecule has 3 aromatic carbocycles. The lowest BCUT2D eigenvalue weighted by atomic mass is 10.0. The van der Waals surface area contributed by atoms with Gasteiger partial charge >= 0.3 is 0 Å². The molecule has 1 aliphatic rings. The highest BCUT2D eigenvalue weighted by molar-refractivity contribution is 7.99. The smallest absolute Gasteiger partial charge is 0.257 e. The number of ether oxygens (including phenoxy) is 1. The van der Waals surface area contributed by atoms with Crippen LogP contribution in [0.2, 0.25) is 0 Å². The summed E-state index contributed by atoms with van der Waals surface area (Å²) in [5.74, 6) is 0.937. The Labute approximate surface area is 172 Å². The van der Waals surface area contributed by atoms with E-state index < -0.39 is 0 Å². The van der Waals surface area contributed by atoms with Gasteiger partial charge in [0.05, 0.1) is 17.5 Å². The van der Waals surface area contributed by atoms with Crippen molar-refractivity contribution in [3.05, 3.63) is 84.4 Å². The van der Waals surface area contributed by atoms with Gasteiger partial charge in [-0.25, -0.2) is 4.98 Å². The van der Waals surface area contributed by atoms with E-state index >= 15 is 0 Å². The van der Waals surface area contributed by atoms with Crippen molar-refractivity contribution >= 4 is 34.5 Å². The van der Waals surface area contributed by atoms with E-state index in [9.17, 15) is 4.79 Å². The van der Waals surface area contributed by atoms with E-state index in [-0.39, 0.29) is 17.7 Å². The first-order valence-corrected chi connectivity index (χ1v) is 10.4. The van der Waals surface area contributed by atoms with E-state index in [1.54, 1.807) is 0 Å². The second-order valence-electron chi connectivity index (χ2n) is 6.71. The van der Waals surface area contributed by atoms with Gasteiger partial charge in [-0.05, 0) is 29.8 Å². The van der Waals surface area contributed by atoms with Gasteiger partial charge in [-0.1, -0.05) is 66.4 Å². The number of para-hydroxylation sites is 4. The predicted molar refractivity (Wildman–Crippen MR) is 113 cm³/mol. The van der Waals surface area contributed by atoms with Gasteiger partial charge in [0.1, 0.15) is 17.9 Å². The van der Waals surface area contributed by atoms with Crippen LogP contribution in [0.1, 0.15) is 11.6 Å². The largest absolute Gasteiger partial charge is 0.489 e. The van der Waals surface area contributed by atoms with Crippen LogP contribution in [-0.2, 0) is 4.79 Å². The number of nitrogens with zero attached hydrogens (tertiary/aromatic N) is 2. The van der Waals surface area contributed by atoms with E-state index in [1.807, 2.05) is 83.8 Å². The Morgan fingerprint density at radius 3 is 2.62 bits per heavy atom. The molecule has 0 spiro atoms. The Balaban J connectivity index is 1.42. The molecule has 0 unspecified atom stereocenters. The molecule has 0 saturated carbocycles. The number of amides is 1. The normalized spacial score (nSPS) is 15.7. The third kappa shape index (κ3) is 3.47. The molecule has 0 bridgehead atoms. The first-order chi connectivity index (χ1) is 14.3. The van der Waals surface area contributed by atoms with Crippen molar-refractivity contribution in [1.82, 2.24) is 4.98 Å². The minimum atomic E-state index is -0.178. The zero-order valence-corrected chi connectivity index (χ0v) is 16.3. The summed E-state index contributed by atoms with van der Waals surface area (Å²) in [7, 11) is 0. The molecule has 1 atom stereocenters. The Hall–Kier alpha value is -3.25. The van der Waals surface area contributed by atoms with Crippen molar-refractivity contribution in [3.63, 3.8) is 0 Å². The van der Waals surface area contributed by atoms with Crippen molar-refractivity contribution in [2.24, 2.45) is 0 Å². The molecule has 1 aromatic heterocycles. The SMILES string of the molecule is O=C(CSc1nc2ccccc2o1)N1c2ccccc2OC[C@H]1c1ccccc1. The molecule has 1 aliphatic heterocycles. The second kappa shape index (κ2) is 7.64. The Morgan fingerprint density at radius 1 is 1.00 bits per heavy atom. The summed E-state index contributed by atoms with van der Waals surface area (Å²) in [5.41, 5.74) is 3.35. The predicted octanol–water partition coefficient (Wildman–Crippen LogP) is 5.09. The fourth-order valence-electron chi connectivity index (χ4n) is 3.52. The maximum atomic E-state index is 13.3. The molecule has 6 heteroatoms. The Kier molecular flexibility index (Phi) is 4.69. The van der Waals surface area contributed by atoms with E-state index in [0.29, 0.717) is 11.8 Å². The van der Waals surface area contributed by atoms with Crippen molar-refractivity contribution < 1.29 is 13.9 Å². The van der Waals surface area contributed by atoms with E-state index in [1.165, 1.54) is 11.8 Å². The molecule has 2 heterocycles. The summed E-state index contributed by atoms with van der Waals surface area (Å²) < 4.78 is 11.7. The summed E-state index contributed by atoms with van der Waals surface area (Å²) >= 11 is 1.31. The highest BCUT2D eigenvalue weighted by Crippen LogP contribution is 2.39. The number of benzene rings is 3. The fourth-order valence-corrected chi connectivity index (χ4v) is 4.22. The average Bonchev–Trinajstić information content (AvgIpc) is 3.20. The van der Waals surface area contributed by atoms with Crippen molar-refractivity contribution in [3.8, 4) is 5.75 Å². The molecule has 0 aliphatic carbocycles. The van der Waals surface area contributed by atoms with Gasteiger partial charge in [0.25, 0.3) is 5.22 Å². The zero-order valence-electron chi connectivity index (χ0n) is 15.5. The number of aromatic nitrogens is 1. The lowest BCUT2D eigenvalue weighted by Gasteiger charge is -2.37. The Bertz CT molecular complexity index is 1130. The molecule has 29 heavy (non-hydrogen) atoms. The summed E-state index contributed by atoms with van der Waals surface area (Å²) in [6, 6.07) is 25.0. The molecular formula is C23H18N2O3S. The van der Waals surface area contributed by atoms with Gasteiger partial charge in [-0.15, -0.1) is 0 Å². The minimum absolute atomic E-state index is 0.0122. The number of hydrogen-bond donors (Lipinski definition) is 0. The molecule has 0 fully saturated rings. The van der Waals surface area contributed by atoms with Crippen molar-refractivity contribution in [2.45, 2.75) is 11.3 Å². The number of anilines is 1. The maximum Gasteiger partial charge on any atom is 0.257 e. The fraction of sp³-hybridized carbons (Fsp3) is 0.130. The van der Waals surface area contributed by atoms with E-state index in [4.69, 9.17) is 9.15 Å². The van der Waals surface area contributed by atoms with Gasteiger partial charge in [0.2, 0.25) is 5.91 Å². The highest BCUT2D eigenvalue weighted by Gasteiger charge is 2.33. The first kappa shape index (κ1) is 17.8. The second-order valence-corrected chi connectivity index (χ2v) is 7.63.